The minimum absolute atomic E-state index is 0.224. The van der Waals surface area contributed by atoms with Gasteiger partial charge in [0.2, 0.25) is 5.89 Å². The first-order chi connectivity index (χ1) is 10.6. The number of nitrogens with zero attached hydrogens (tertiary/aromatic N) is 2. The van der Waals surface area contributed by atoms with Crippen LogP contribution in [0.15, 0.2) is 46.9 Å². The minimum Gasteiger partial charge on any atom is -0.484 e. The SMILES string of the molecule is Cc1cccc(-c2nnc(COc3ccc(Cl)cc3C)o2)c1. The summed E-state index contributed by atoms with van der Waals surface area (Å²) in [5, 5.41) is 8.76. The second kappa shape index (κ2) is 6.20. The van der Waals surface area contributed by atoms with Crippen molar-refractivity contribution in [3.63, 3.8) is 0 Å². The molecule has 0 saturated heterocycles. The van der Waals surface area contributed by atoms with Crippen molar-refractivity contribution in [2.24, 2.45) is 0 Å². The number of aromatic nitrogens is 2. The summed E-state index contributed by atoms with van der Waals surface area (Å²) in [5.41, 5.74) is 3.01. The highest BCUT2D eigenvalue weighted by molar-refractivity contribution is 6.30. The van der Waals surface area contributed by atoms with Gasteiger partial charge in [-0.05, 0) is 49.7 Å². The van der Waals surface area contributed by atoms with E-state index in [0.29, 0.717) is 16.8 Å². The first-order valence-corrected chi connectivity index (χ1v) is 7.28. The number of rotatable bonds is 4. The van der Waals surface area contributed by atoms with Gasteiger partial charge in [-0.25, -0.2) is 0 Å². The van der Waals surface area contributed by atoms with Gasteiger partial charge in [-0.1, -0.05) is 29.3 Å². The summed E-state index contributed by atoms with van der Waals surface area (Å²) in [5.74, 6) is 1.68. The van der Waals surface area contributed by atoms with E-state index < -0.39 is 0 Å². The van der Waals surface area contributed by atoms with E-state index in [1.165, 1.54) is 0 Å². The van der Waals surface area contributed by atoms with Crippen LogP contribution in [0.25, 0.3) is 11.5 Å². The summed E-state index contributed by atoms with van der Waals surface area (Å²) in [6, 6.07) is 13.4. The molecule has 0 bridgehead atoms. The Morgan fingerprint density at radius 3 is 2.73 bits per heavy atom. The van der Waals surface area contributed by atoms with Crippen molar-refractivity contribution >= 4 is 11.6 Å². The molecular weight excluding hydrogens is 300 g/mol. The van der Waals surface area contributed by atoms with E-state index in [-0.39, 0.29) is 6.61 Å². The van der Waals surface area contributed by atoms with Gasteiger partial charge in [0, 0.05) is 10.6 Å². The van der Waals surface area contributed by atoms with E-state index >= 15 is 0 Å². The fourth-order valence-electron chi connectivity index (χ4n) is 2.12. The first-order valence-electron chi connectivity index (χ1n) is 6.90. The van der Waals surface area contributed by atoms with Gasteiger partial charge < -0.3 is 9.15 Å². The minimum atomic E-state index is 0.224. The van der Waals surface area contributed by atoms with Crippen LogP contribution in [0.3, 0.4) is 0 Å². The molecule has 1 heterocycles. The zero-order chi connectivity index (χ0) is 15.5. The molecule has 3 aromatic rings. The second-order valence-corrected chi connectivity index (χ2v) is 5.51. The lowest BCUT2D eigenvalue weighted by Gasteiger charge is -2.06. The lowest BCUT2D eigenvalue weighted by Crippen LogP contribution is -1.97. The van der Waals surface area contributed by atoms with E-state index in [1.54, 1.807) is 6.07 Å². The van der Waals surface area contributed by atoms with Gasteiger partial charge in [0.05, 0.1) is 0 Å². The van der Waals surface area contributed by atoms with E-state index in [1.807, 2.05) is 50.2 Å². The predicted octanol–water partition coefficient (Wildman–Crippen LogP) is 4.59. The zero-order valence-electron chi connectivity index (χ0n) is 12.3. The Balaban J connectivity index is 1.72. The number of halogens is 1. The van der Waals surface area contributed by atoms with Crippen LogP contribution in [-0.2, 0) is 6.61 Å². The van der Waals surface area contributed by atoms with E-state index in [2.05, 4.69) is 10.2 Å². The molecule has 0 fully saturated rings. The van der Waals surface area contributed by atoms with Crippen LogP contribution in [0, 0.1) is 13.8 Å². The third-order valence-corrected chi connectivity index (χ3v) is 3.46. The standard InChI is InChI=1S/C17H15ClN2O2/c1-11-4-3-5-13(8-11)17-20-19-16(22-17)10-21-15-7-6-14(18)9-12(15)2/h3-9H,10H2,1-2H3. The molecule has 0 atom stereocenters. The van der Waals surface area contributed by atoms with Crippen LogP contribution in [0.2, 0.25) is 5.02 Å². The number of hydrogen-bond acceptors (Lipinski definition) is 4. The Labute approximate surface area is 133 Å². The lowest BCUT2D eigenvalue weighted by molar-refractivity contribution is 0.263. The average molecular weight is 315 g/mol. The second-order valence-electron chi connectivity index (χ2n) is 5.07. The van der Waals surface area contributed by atoms with Crippen LogP contribution in [0.1, 0.15) is 17.0 Å². The summed E-state index contributed by atoms with van der Waals surface area (Å²) in [4.78, 5) is 0. The average Bonchev–Trinajstić information content (AvgIpc) is 2.95. The van der Waals surface area contributed by atoms with Crippen LogP contribution in [-0.4, -0.2) is 10.2 Å². The number of hydrogen-bond donors (Lipinski definition) is 0. The van der Waals surface area contributed by atoms with E-state index in [0.717, 1.165) is 22.4 Å². The molecule has 0 amide bonds. The fraction of sp³-hybridized carbons (Fsp3) is 0.176. The monoisotopic (exact) mass is 314 g/mol. The molecule has 5 heteroatoms. The maximum atomic E-state index is 5.92. The van der Waals surface area contributed by atoms with Crippen molar-refractivity contribution in [1.29, 1.82) is 0 Å². The maximum Gasteiger partial charge on any atom is 0.254 e. The summed E-state index contributed by atoms with van der Waals surface area (Å²) in [6.45, 7) is 4.18. The number of aryl methyl sites for hydroxylation is 2. The molecule has 0 aliphatic rings. The predicted molar refractivity (Wildman–Crippen MR) is 85.0 cm³/mol. The molecule has 0 saturated carbocycles. The van der Waals surface area contributed by atoms with Crippen LogP contribution in [0.5, 0.6) is 5.75 Å². The third-order valence-electron chi connectivity index (χ3n) is 3.22. The fourth-order valence-corrected chi connectivity index (χ4v) is 2.35. The lowest BCUT2D eigenvalue weighted by atomic mass is 10.1. The highest BCUT2D eigenvalue weighted by Gasteiger charge is 2.10. The molecular formula is C17H15ClN2O2. The van der Waals surface area contributed by atoms with Crippen LogP contribution < -0.4 is 4.74 Å². The molecule has 0 aliphatic heterocycles. The molecule has 112 valence electrons. The molecule has 22 heavy (non-hydrogen) atoms. The van der Waals surface area contributed by atoms with E-state index in [9.17, 15) is 0 Å². The molecule has 0 radical (unpaired) electrons. The molecule has 0 aliphatic carbocycles. The maximum absolute atomic E-state index is 5.92. The smallest absolute Gasteiger partial charge is 0.254 e. The van der Waals surface area contributed by atoms with Crippen molar-refractivity contribution < 1.29 is 9.15 Å². The van der Waals surface area contributed by atoms with Crippen LogP contribution >= 0.6 is 11.6 Å². The molecule has 0 spiro atoms. The van der Waals surface area contributed by atoms with Gasteiger partial charge in [-0.3, -0.25) is 0 Å². The molecule has 2 aromatic carbocycles. The number of ether oxygens (including phenoxy) is 1. The van der Waals surface area contributed by atoms with Gasteiger partial charge >= 0.3 is 0 Å². The van der Waals surface area contributed by atoms with Crippen molar-refractivity contribution in [2.45, 2.75) is 20.5 Å². The topological polar surface area (TPSA) is 48.2 Å². The normalized spacial score (nSPS) is 10.7. The molecule has 4 nitrogen and oxygen atoms in total. The Morgan fingerprint density at radius 1 is 1.09 bits per heavy atom. The van der Waals surface area contributed by atoms with Gasteiger partial charge in [0.25, 0.3) is 5.89 Å². The highest BCUT2D eigenvalue weighted by Crippen LogP contribution is 2.23. The van der Waals surface area contributed by atoms with Gasteiger partial charge in [-0.15, -0.1) is 10.2 Å². The van der Waals surface area contributed by atoms with Gasteiger partial charge in [0.15, 0.2) is 6.61 Å². The van der Waals surface area contributed by atoms with Gasteiger partial charge in [0.1, 0.15) is 5.75 Å². The summed E-state index contributed by atoms with van der Waals surface area (Å²) < 4.78 is 11.3. The summed E-state index contributed by atoms with van der Waals surface area (Å²) >= 11 is 5.92. The number of benzene rings is 2. The highest BCUT2D eigenvalue weighted by atomic mass is 35.5. The van der Waals surface area contributed by atoms with Crippen molar-refractivity contribution in [2.75, 3.05) is 0 Å². The molecule has 0 unspecified atom stereocenters. The van der Waals surface area contributed by atoms with Gasteiger partial charge in [-0.2, -0.15) is 0 Å². The third kappa shape index (κ3) is 3.28. The zero-order valence-corrected chi connectivity index (χ0v) is 13.1. The molecule has 3 rings (SSSR count). The summed E-state index contributed by atoms with van der Waals surface area (Å²) in [7, 11) is 0. The Hall–Kier alpha value is -2.33. The Kier molecular flexibility index (Phi) is 4.11. The van der Waals surface area contributed by atoms with Crippen LogP contribution in [0.4, 0.5) is 0 Å². The van der Waals surface area contributed by atoms with Crippen molar-refractivity contribution in [1.82, 2.24) is 10.2 Å². The first kappa shape index (κ1) is 14.6. The van der Waals surface area contributed by atoms with Crippen molar-refractivity contribution in [3.05, 3.63) is 64.5 Å². The summed E-state index contributed by atoms with van der Waals surface area (Å²) in [6.07, 6.45) is 0. The Bertz CT molecular complexity index is 799. The largest absolute Gasteiger partial charge is 0.484 e. The molecule has 0 N–H and O–H groups in total. The quantitative estimate of drug-likeness (QED) is 0.707. The van der Waals surface area contributed by atoms with Crippen molar-refractivity contribution in [3.8, 4) is 17.2 Å². The Morgan fingerprint density at radius 2 is 1.95 bits per heavy atom. The van der Waals surface area contributed by atoms with E-state index in [4.69, 9.17) is 20.8 Å². The molecule has 1 aromatic heterocycles.